The van der Waals surface area contributed by atoms with Crippen molar-refractivity contribution in [2.45, 2.75) is 24.2 Å². The number of nitrogens with zero attached hydrogens (tertiary/aromatic N) is 2. The molecule has 3 aromatic rings. The number of carbonyl (C=O) groups is 2. The van der Waals surface area contributed by atoms with E-state index in [1.807, 2.05) is 12.1 Å². The molecule has 0 radical (unpaired) electrons. The smallest absolute Gasteiger partial charge is 0.259 e. The molecule has 3 N–H and O–H groups in total. The number of hydrogen-bond acceptors (Lipinski definition) is 5. The van der Waals surface area contributed by atoms with Gasteiger partial charge in [-0.25, -0.2) is 12.8 Å². The Morgan fingerprint density at radius 2 is 1.68 bits per heavy atom. The highest BCUT2D eigenvalue weighted by molar-refractivity contribution is 7.89. The van der Waals surface area contributed by atoms with Crippen LogP contribution in [0.3, 0.4) is 0 Å². The highest BCUT2D eigenvalue weighted by atomic mass is 35.5. The molecule has 1 aliphatic rings. The Hall–Kier alpha value is -3.02. The monoisotopic (exact) mass is 564 g/mol. The number of hydrogen-bond donors (Lipinski definition) is 2. The molecule has 4 rings (SSSR count). The number of benzene rings is 3. The standard InChI is InChI=1S/C25H23Cl2FN4O4S/c26-21-9-4-18(13-22(21)27)25(34)31-10-11-32(37(35,36)20-7-5-19(28)6-8-20)24(31)23(33)30-15-17-3-1-2-16(12-17)14-29/h1-9,12-13,24H,10-11,14-15,29H2,(H,30,33). The molecule has 1 fully saturated rings. The average Bonchev–Trinajstić information content (AvgIpc) is 3.35. The van der Waals surface area contributed by atoms with Crippen LogP contribution in [0.25, 0.3) is 0 Å². The molecule has 1 heterocycles. The van der Waals surface area contributed by atoms with E-state index < -0.39 is 33.8 Å². The largest absolute Gasteiger partial charge is 0.349 e. The SMILES string of the molecule is NCc1cccc(CNC(=O)C2N(C(=O)c3ccc(Cl)c(Cl)c3)CCN2S(=O)(=O)c2ccc(F)cc2)c1. The van der Waals surface area contributed by atoms with E-state index in [2.05, 4.69) is 5.32 Å². The summed E-state index contributed by atoms with van der Waals surface area (Å²) in [6, 6.07) is 15.8. The molecule has 1 saturated heterocycles. The van der Waals surface area contributed by atoms with Gasteiger partial charge >= 0.3 is 0 Å². The van der Waals surface area contributed by atoms with Crippen LogP contribution in [0.5, 0.6) is 0 Å². The Kier molecular flexibility index (Phi) is 8.15. The van der Waals surface area contributed by atoms with E-state index in [0.29, 0.717) is 6.54 Å². The molecule has 1 atom stereocenters. The third-order valence-corrected chi connectivity index (χ3v) is 8.51. The van der Waals surface area contributed by atoms with E-state index in [4.69, 9.17) is 28.9 Å². The van der Waals surface area contributed by atoms with Crippen molar-refractivity contribution in [2.75, 3.05) is 13.1 Å². The van der Waals surface area contributed by atoms with Crippen LogP contribution in [-0.2, 0) is 27.9 Å². The Balaban J connectivity index is 1.66. The fraction of sp³-hybridized carbons (Fsp3) is 0.200. The van der Waals surface area contributed by atoms with Crippen LogP contribution in [0.4, 0.5) is 4.39 Å². The number of rotatable bonds is 7. The molecule has 194 valence electrons. The Morgan fingerprint density at radius 3 is 2.35 bits per heavy atom. The maximum absolute atomic E-state index is 13.5. The molecule has 8 nitrogen and oxygen atoms in total. The zero-order chi connectivity index (χ0) is 26.7. The van der Waals surface area contributed by atoms with Crippen molar-refractivity contribution in [1.82, 2.24) is 14.5 Å². The van der Waals surface area contributed by atoms with Gasteiger partial charge in [-0.2, -0.15) is 4.31 Å². The van der Waals surface area contributed by atoms with Crippen molar-refractivity contribution in [1.29, 1.82) is 0 Å². The number of halogens is 3. The summed E-state index contributed by atoms with van der Waals surface area (Å²) >= 11 is 12.0. The lowest BCUT2D eigenvalue weighted by Crippen LogP contribution is -2.53. The fourth-order valence-electron chi connectivity index (χ4n) is 4.03. The van der Waals surface area contributed by atoms with E-state index in [-0.39, 0.29) is 40.1 Å². The molecule has 1 unspecified atom stereocenters. The van der Waals surface area contributed by atoms with Gasteiger partial charge in [-0.15, -0.1) is 0 Å². The van der Waals surface area contributed by atoms with Gasteiger partial charge in [-0.1, -0.05) is 47.5 Å². The Labute approximate surface area is 223 Å². The van der Waals surface area contributed by atoms with Crippen LogP contribution in [0.15, 0.2) is 71.6 Å². The first-order valence-corrected chi connectivity index (χ1v) is 13.4. The summed E-state index contributed by atoms with van der Waals surface area (Å²) in [5, 5.41) is 3.11. The first-order chi connectivity index (χ1) is 17.6. The number of amides is 2. The zero-order valence-electron chi connectivity index (χ0n) is 19.4. The summed E-state index contributed by atoms with van der Waals surface area (Å²) in [5.74, 6) is -1.90. The van der Waals surface area contributed by atoms with Gasteiger partial charge in [-0.3, -0.25) is 9.59 Å². The zero-order valence-corrected chi connectivity index (χ0v) is 21.7. The minimum Gasteiger partial charge on any atom is -0.349 e. The molecule has 0 bridgehead atoms. The molecule has 1 aliphatic heterocycles. The molecular weight excluding hydrogens is 542 g/mol. The molecule has 2 amide bonds. The van der Waals surface area contributed by atoms with Gasteiger partial charge in [0.25, 0.3) is 11.8 Å². The third-order valence-electron chi connectivity index (χ3n) is 5.91. The van der Waals surface area contributed by atoms with E-state index >= 15 is 0 Å². The summed E-state index contributed by atoms with van der Waals surface area (Å²) in [7, 11) is -4.26. The first kappa shape index (κ1) is 27.0. The number of sulfonamides is 1. The summed E-state index contributed by atoms with van der Waals surface area (Å²) in [6.07, 6.45) is -1.49. The Morgan fingerprint density at radius 1 is 0.973 bits per heavy atom. The lowest BCUT2D eigenvalue weighted by molar-refractivity contribution is -0.127. The van der Waals surface area contributed by atoms with E-state index in [1.165, 1.54) is 18.2 Å². The Bertz CT molecular complexity index is 1440. The maximum atomic E-state index is 13.5. The van der Waals surface area contributed by atoms with E-state index in [1.54, 1.807) is 12.1 Å². The molecule has 0 aromatic heterocycles. The first-order valence-electron chi connectivity index (χ1n) is 11.2. The number of nitrogens with two attached hydrogens (primary N) is 1. The lowest BCUT2D eigenvalue weighted by atomic mass is 10.1. The second kappa shape index (κ2) is 11.2. The van der Waals surface area contributed by atoms with Crippen LogP contribution in [-0.4, -0.2) is 48.7 Å². The van der Waals surface area contributed by atoms with Gasteiger partial charge < -0.3 is 16.0 Å². The molecular formula is C25H23Cl2FN4O4S. The average molecular weight is 565 g/mol. The van der Waals surface area contributed by atoms with Crippen molar-refractivity contribution in [3.63, 3.8) is 0 Å². The van der Waals surface area contributed by atoms with E-state index in [0.717, 1.165) is 44.6 Å². The van der Waals surface area contributed by atoms with Gasteiger partial charge in [-0.05, 0) is 53.6 Å². The summed E-state index contributed by atoms with van der Waals surface area (Å²) in [5.41, 5.74) is 7.45. The highest BCUT2D eigenvalue weighted by Gasteiger charge is 2.46. The quantitative estimate of drug-likeness (QED) is 0.456. The van der Waals surface area contributed by atoms with Crippen LogP contribution in [0.1, 0.15) is 21.5 Å². The van der Waals surface area contributed by atoms with Gasteiger partial charge in [0.05, 0.1) is 14.9 Å². The second-order valence-electron chi connectivity index (χ2n) is 8.31. The molecule has 12 heteroatoms. The minimum atomic E-state index is -4.26. The van der Waals surface area contributed by atoms with Crippen molar-refractivity contribution in [3.05, 3.63) is 99.3 Å². The van der Waals surface area contributed by atoms with Crippen molar-refractivity contribution in [3.8, 4) is 0 Å². The van der Waals surface area contributed by atoms with Gasteiger partial charge in [0.2, 0.25) is 10.0 Å². The van der Waals surface area contributed by atoms with E-state index in [9.17, 15) is 22.4 Å². The fourth-order valence-corrected chi connectivity index (χ4v) is 5.87. The predicted molar refractivity (Wildman–Crippen MR) is 138 cm³/mol. The van der Waals surface area contributed by atoms with Gasteiger partial charge in [0.15, 0.2) is 6.17 Å². The van der Waals surface area contributed by atoms with Gasteiger partial charge in [0, 0.05) is 31.7 Å². The number of carbonyl (C=O) groups excluding carboxylic acids is 2. The summed E-state index contributed by atoms with van der Waals surface area (Å²) in [6.45, 7) is 0.205. The summed E-state index contributed by atoms with van der Waals surface area (Å²) < 4.78 is 41.3. The lowest BCUT2D eigenvalue weighted by Gasteiger charge is -2.29. The molecule has 0 spiro atoms. The third kappa shape index (κ3) is 5.78. The van der Waals surface area contributed by atoms with Crippen molar-refractivity contribution in [2.24, 2.45) is 5.73 Å². The van der Waals surface area contributed by atoms with Gasteiger partial charge in [0.1, 0.15) is 5.82 Å². The molecule has 37 heavy (non-hydrogen) atoms. The van der Waals surface area contributed by atoms with Crippen LogP contribution in [0, 0.1) is 5.82 Å². The van der Waals surface area contributed by atoms with Crippen LogP contribution < -0.4 is 11.1 Å². The van der Waals surface area contributed by atoms with Crippen LogP contribution in [0.2, 0.25) is 10.0 Å². The van der Waals surface area contributed by atoms with Crippen LogP contribution >= 0.6 is 23.2 Å². The number of nitrogens with one attached hydrogen (secondary N) is 1. The maximum Gasteiger partial charge on any atom is 0.259 e. The normalized spacial score (nSPS) is 16.1. The van der Waals surface area contributed by atoms with Crippen molar-refractivity contribution >= 4 is 45.0 Å². The molecule has 0 saturated carbocycles. The highest BCUT2D eigenvalue weighted by Crippen LogP contribution is 2.28. The van der Waals surface area contributed by atoms with Crippen molar-refractivity contribution < 1.29 is 22.4 Å². The second-order valence-corrected chi connectivity index (χ2v) is 11.0. The predicted octanol–water partition coefficient (Wildman–Crippen LogP) is 3.38. The molecule has 0 aliphatic carbocycles. The summed E-state index contributed by atoms with van der Waals surface area (Å²) in [4.78, 5) is 27.8. The topological polar surface area (TPSA) is 113 Å². The minimum absolute atomic E-state index is 0.0553. The molecule has 3 aromatic carbocycles.